The zero-order valence-electron chi connectivity index (χ0n) is 11.9. The van der Waals surface area contributed by atoms with Crippen LogP contribution in [0.3, 0.4) is 0 Å². The maximum Gasteiger partial charge on any atom is 0.0947 e. The molecule has 0 saturated carbocycles. The predicted octanol–water partition coefficient (Wildman–Crippen LogP) is 1.70. The molecule has 1 aromatic rings. The van der Waals surface area contributed by atoms with Crippen LogP contribution in [-0.2, 0) is 11.3 Å². The Morgan fingerprint density at radius 2 is 2.21 bits per heavy atom. The van der Waals surface area contributed by atoms with Crippen molar-refractivity contribution in [3.8, 4) is 0 Å². The number of thioether (sulfide) groups is 1. The Morgan fingerprint density at radius 3 is 2.79 bits per heavy atom. The molecule has 19 heavy (non-hydrogen) atoms. The molecule has 5 heteroatoms. The van der Waals surface area contributed by atoms with Gasteiger partial charge in [0.15, 0.2) is 0 Å². The lowest BCUT2D eigenvalue weighted by Crippen LogP contribution is -2.32. The SMILES string of the molecule is CCSc1cccc(N(C)CC(O)COC)c1CN. The van der Waals surface area contributed by atoms with Crippen molar-refractivity contribution >= 4 is 17.4 Å². The van der Waals surface area contributed by atoms with Crippen molar-refractivity contribution in [3.63, 3.8) is 0 Å². The average molecular weight is 284 g/mol. The fourth-order valence-corrected chi connectivity index (χ4v) is 2.92. The van der Waals surface area contributed by atoms with E-state index in [9.17, 15) is 5.11 Å². The molecule has 3 N–H and O–H groups in total. The van der Waals surface area contributed by atoms with Crippen LogP contribution < -0.4 is 10.6 Å². The number of hydrogen-bond donors (Lipinski definition) is 2. The summed E-state index contributed by atoms with van der Waals surface area (Å²) in [6.07, 6.45) is -0.497. The molecular formula is C14H24N2O2S. The van der Waals surface area contributed by atoms with Crippen molar-refractivity contribution < 1.29 is 9.84 Å². The number of benzene rings is 1. The van der Waals surface area contributed by atoms with E-state index in [-0.39, 0.29) is 0 Å². The summed E-state index contributed by atoms with van der Waals surface area (Å²) in [6, 6.07) is 6.17. The van der Waals surface area contributed by atoms with Crippen molar-refractivity contribution in [1.29, 1.82) is 0 Å². The lowest BCUT2D eigenvalue weighted by atomic mass is 10.1. The second-order valence-corrected chi connectivity index (χ2v) is 5.69. The molecule has 0 amide bonds. The summed E-state index contributed by atoms with van der Waals surface area (Å²) in [5, 5.41) is 9.81. The third-order valence-electron chi connectivity index (χ3n) is 2.87. The number of hydrogen-bond acceptors (Lipinski definition) is 5. The average Bonchev–Trinajstić information content (AvgIpc) is 2.39. The minimum Gasteiger partial charge on any atom is -0.389 e. The number of aliphatic hydroxyl groups excluding tert-OH is 1. The Labute approximate surface area is 119 Å². The van der Waals surface area contributed by atoms with Crippen molar-refractivity contribution in [2.45, 2.75) is 24.5 Å². The van der Waals surface area contributed by atoms with Crippen LogP contribution in [0.4, 0.5) is 5.69 Å². The molecule has 1 rings (SSSR count). The molecular weight excluding hydrogens is 260 g/mol. The van der Waals surface area contributed by atoms with Crippen LogP contribution in [0.5, 0.6) is 0 Å². The molecule has 1 aromatic carbocycles. The molecule has 0 aromatic heterocycles. The van der Waals surface area contributed by atoms with E-state index in [0.29, 0.717) is 19.7 Å². The fraction of sp³-hybridized carbons (Fsp3) is 0.571. The Kier molecular flexibility index (Phi) is 7.23. The second-order valence-electron chi connectivity index (χ2n) is 4.38. The first-order valence-corrected chi connectivity index (χ1v) is 7.45. The van der Waals surface area contributed by atoms with Crippen LogP contribution in [0.15, 0.2) is 23.1 Å². The highest BCUT2D eigenvalue weighted by Gasteiger charge is 2.13. The monoisotopic (exact) mass is 284 g/mol. The molecule has 0 radical (unpaired) electrons. The van der Waals surface area contributed by atoms with Gasteiger partial charge in [0.25, 0.3) is 0 Å². The second kappa shape index (κ2) is 8.43. The first-order chi connectivity index (χ1) is 9.13. The van der Waals surface area contributed by atoms with E-state index in [4.69, 9.17) is 10.5 Å². The van der Waals surface area contributed by atoms with Gasteiger partial charge in [-0.2, -0.15) is 0 Å². The highest BCUT2D eigenvalue weighted by molar-refractivity contribution is 7.99. The van der Waals surface area contributed by atoms with Gasteiger partial charge < -0.3 is 20.5 Å². The maximum absolute atomic E-state index is 9.81. The van der Waals surface area contributed by atoms with Gasteiger partial charge in [-0.15, -0.1) is 11.8 Å². The zero-order valence-corrected chi connectivity index (χ0v) is 12.7. The van der Waals surface area contributed by atoms with Gasteiger partial charge in [0.05, 0.1) is 12.7 Å². The number of aliphatic hydroxyl groups is 1. The van der Waals surface area contributed by atoms with E-state index < -0.39 is 6.10 Å². The number of ether oxygens (including phenoxy) is 1. The smallest absolute Gasteiger partial charge is 0.0947 e. The van der Waals surface area contributed by atoms with Crippen molar-refractivity contribution in [3.05, 3.63) is 23.8 Å². The molecule has 0 aliphatic heterocycles. The molecule has 0 fully saturated rings. The lowest BCUT2D eigenvalue weighted by Gasteiger charge is -2.25. The summed E-state index contributed by atoms with van der Waals surface area (Å²) in [7, 11) is 3.56. The number of methoxy groups -OCH3 is 1. The molecule has 0 aliphatic rings. The number of anilines is 1. The van der Waals surface area contributed by atoms with E-state index in [1.165, 1.54) is 4.90 Å². The fourth-order valence-electron chi connectivity index (χ4n) is 2.07. The maximum atomic E-state index is 9.81. The normalized spacial score (nSPS) is 12.5. The first kappa shape index (κ1) is 16.3. The molecule has 108 valence electrons. The van der Waals surface area contributed by atoms with Crippen LogP contribution in [0.2, 0.25) is 0 Å². The minimum absolute atomic E-state index is 0.339. The van der Waals surface area contributed by atoms with E-state index in [2.05, 4.69) is 13.0 Å². The van der Waals surface area contributed by atoms with Gasteiger partial charge >= 0.3 is 0 Å². The van der Waals surface area contributed by atoms with E-state index in [0.717, 1.165) is 17.0 Å². The standard InChI is InChI=1S/C14H24N2O2S/c1-4-19-14-7-5-6-13(12(14)8-15)16(2)9-11(17)10-18-3/h5-7,11,17H,4,8-10,15H2,1-3H3. The Hall–Kier alpha value is -0.750. The number of rotatable bonds is 8. The number of nitrogens with two attached hydrogens (primary N) is 1. The van der Waals surface area contributed by atoms with Crippen LogP contribution in [-0.4, -0.2) is 44.3 Å². The van der Waals surface area contributed by atoms with Crippen molar-refractivity contribution in [2.75, 3.05) is 38.0 Å². The predicted molar refractivity (Wildman–Crippen MR) is 81.9 cm³/mol. The lowest BCUT2D eigenvalue weighted by molar-refractivity contribution is 0.0695. The van der Waals surface area contributed by atoms with Gasteiger partial charge in [-0.1, -0.05) is 13.0 Å². The highest BCUT2D eigenvalue weighted by atomic mass is 32.2. The quantitative estimate of drug-likeness (QED) is 0.712. The highest BCUT2D eigenvalue weighted by Crippen LogP contribution is 2.30. The van der Waals surface area contributed by atoms with E-state index in [1.54, 1.807) is 18.9 Å². The zero-order chi connectivity index (χ0) is 14.3. The van der Waals surface area contributed by atoms with Crippen LogP contribution >= 0.6 is 11.8 Å². The Morgan fingerprint density at radius 1 is 1.47 bits per heavy atom. The van der Waals surface area contributed by atoms with Crippen LogP contribution in [0.1, 0.15) is 12.5 Å². The summed E-state index contributed by atoms with van der Waals surface area (Å²) < 4.78 is 4.95. The summed E-state index contributed by atoms with van der Waals surface area (Å²) in [6.45, 7) is 3.50. The topological polar surface area (TPSA) is 58.7 Å². The number of nitrogens with zero attached hydrogens (tertiary/aromatic N) is 1. The summed E-state index contributed by atoms with van der Waals surface area (Å²) in [4.78, 5) is 3.25. The molecule has 4 nitrogen and oxygen atoms in total. The van der Waals surface area contributed by atoms with Gasteiger partial charge in [0.2, 0.25) is 0 Å². The third kappa shape index (κ3) is 4.69. The van der Waals surface area contributed by atoms with Crippen molar-refractivity contribution in [2.24, 2.45) is 5.73 Å². The molecule has 0 bridgehead atoms. The molecule has 1 atom stereocenters. The Balaban J connectivity index is 2.89. The minimum atomic E-state index is -0.497. The molecule has 0 saturated heterocycles. The first-order valence-electron chi connectivity index (χ1n) is 6.46. The van der Waals surface area contributed by atoms with Crippen LogP contribution in [0, 0.1) is 0 Å². The van der Waals surface area contributed by atoms with Crippen LogP contribution in [0.25, 0.3) is 0 Å². The third-order valence-corrected chi connectivity index (χ3v) is 3.85. The summed E-state index contributed by atoms with van der Waals surface area (Å²) >= 11 is 1.79. The van der Waals surface area contributed by atoms with Gasteiger partial charge in [-0.05, 0) is 17.9 Å². The Bertz CT molecular complexity index is 388. The van der Waals surface area contributed by atoms with Gasteiger partial charge in [-0.3, -0.25) is 0 Å². The van der Waals surface area contributed by atoms with E-state index >= 15 is 0 Å². The summed E-state index contributed by atoms with van der Waals surface area (Å²) in [5.74, 6) is 1.02. The molecule has 0 heterocycles. The number of likely N-dealkylation sites (N-methyl/N-ethyl adjacent to an activating group) is 1. The largest absolute Gasteiger partial charge is 0.389 e. The van der Waals surface area contributed by atoms with E-state index in [1.807, 2.05) is 24.1 Å². The molecule has 1 unspecified atom stereocenters. The summed E-state index contributed by atoms with van der Waals surface area (Å²) in [5.41, 5.74) is 8.10. The van der Waals surface area contributed by atoms with Crippen molar-refractivity contribution in [1.82, 2.24) is 0 Å². The molecule has 0 spiro atoms. The van der Waals surface area contributed by atoms with Gasteiger partial charge in [0, 0.05) is 43.4 Å². The van der Waals surface area contributed by atoms with Gasteiger partial charge in [0.1, 0.15) is 0 Å². The molecule has 0 aliphatic carbocycles. The van der Waals surface area contributed by atoms with Gasteiger partial charge in [-0.25, -0.2) is 0 Å².